The van der Waals surface area contributed by atoms with Crippen LogP contribution < -0.4 is 0 Å². The second-order valence-electron chi connectivity index (χ2n) is 2.44. The maximum Gasteiger partial charge on any atom is 0.316 e. The normalized spacial score (nSPS) is 10.0. The molecule has 1 aromatic rings. The summed E-state index contributed by atoms with van der Waals surface area (Å²) in [6.07, 6.45) is 1.06. The molecule has 0 saturated carbocycles. The first-order valence-electron chi connectivity index (χ1n) is 4.04. The van der Waals surface area contributed by atoms with Gasteiger partial charge in [-0.05, 0) is 18.6 Å². The summed E-state index contributed by atoms with van der Waals surface area (Å²) in [4.78, 5) is 12.2. The van der Waals surface area contributed by atoms with Gasteiger partial charge in [0.15, 0.2) is 0 Å². The molecule has 0 amide bonds. The van der Waals surface area contributed by atoms with Crippen LogP contribution in [0, 0.1) is 0 Å². The Hall–Kier alpha value is -0.480. The molecule has 0 radical (unpaired) electrons. The lowest BCUT2D eigenvalue weighted by Crippen LogP contribution is -2.02. The minimum atomic E-state index is -0.170. The van der Waals surface area contributed by atoms with Gasteiger partial charge in [0.25, 0.3) is 0 Å². The summed E-state index contributed by atoms with van der Waals surface area (Å²) in [5, 5.41) is 0. The van der Waals surface area contributed by atoms with Gasteiger partial charge in [-0.3, -0.25) is 4.79 Å². The zero-order chi connectivity index (χ0) is 9.68. The summed E-state index contributed by atoms with van der Waals surface area (Å²) >= 11 is 3.27. The Morgan fingerprint density at radius 1 is 1.62 bits per heavy atom. The van der Waals surface area contributed by atoms with Gasteiger partial charge in [-0.2, -0.15) is 0 Å². The molecule has 0 aromatic carbocycles. The van der Waals surface area contributed by atoms with E-state index in [4.69, 9.17) is 0 Å². The molecule has 0 spiro atoms. The molecule has 0 aliphatic carbocycles. The lowest BCUT2D eigenvalue weighted by molar-refractivity contribution is -0.137. The Balaban J connectivity index is 2.41. The second-order valence-corrected chi connectivity index (χ2v) is 4.88. The van der Waals surface area contributed by atoms with Crippen molar-refractivity contribution in [2.24, 2.45) is 0 Å². The average molecular weight is 216 g/mol. The van der Waals surface area contributed by atoms with E-state index in [1.54, 1.807) is 11.3 Å². The minimum Gasteiger partial charge on any atom is -0.468 e. The summed E-state index contributed by atoms with van der Waals surface area (Å²) < 4.78 is 5.73. The predicted molar refractivity (Wildman–Crippen MR) is 56.4 cm³/mol. The number of rotatable bonds is 4. The van der Waals surface area contributed by atoms with Gasteiger partial charge in [0.2, 0.25) is 0 Å². The lowest BCUT2D eigenvalue weighted by Gasteiger charge is -1.95. The molecule has 0 N–H and O–H groups in total. The number of methoxy groups -OCH3 is 1. The van der Waals surface area contributed by atoms with Crippen molar-refractivity contribution in [3.63, 3.8) is 0 Å². The predicted octanol–water partition coefficient (Wildman–Crippen LogP) is 2.58. The molecule has 1 heterocycles. The first kappa shape index (κ1) is 10.6. The van der Waals surface area contributed by atoms with E-state index in [-0.39, 0.29) is 5.97 Å². The van der Waals surface area contributed by atoms with Crippen LogP contribution in [0.2, 0.25) is 0 Å². The van der Waals surface area contributed by atoms with Gasteiger partial charge in [-0.15, -0.1) is 23.1 Å². The molecule has 0 aliphatic rings. The van der Waals surface area contributed by atoms with Gasteiger partial charge in [-0.1, -0.05) is 6.92 Å². The number of carbonyl (C=O) groups excluding carboxylic acids is 1. The van der Waals surface area contributed by atoms with Crippen LogP contribution in [-0.2, 0) is 16.0 Å². The molecular weight excluding hydrogens is 204 g/mol. The van der Waals surface area contributed by atoms with Crippen molar-refractivity contribution in [1.82, 2.24) is 0 Å². The summed E-state index contributed by atoms with van der Waals surface area (Å²) in [5.74, 6) is 0.233. The molecule has 0 atom stereocenters. The van der Waals surface area contributed by atoms with Crippen LogP contribution in [0.15, 0.2) is 16.3 Å². The van der Waals surface area contributed by atoms with E-state index in [1.165, 1.54) is 28.0 Å². The average Bonchev–Trinajstić information content (AvgIpc) is 2.61. The van der Waals surface area contributed by atoms with E-state index in [0.717, 1.165) is 6.42 Å². The van der Waals surface area contributed by atoms with Gasteiger partial charge in [0, 0.05) is 4.88 Å². The van der Waals surface area contributed by atoms with Crippen LogP contribution in [0.1, 0.15) is 11.8 Å². The molecule has 1 rings (SSSR count). The summed E-state index contributed by atoms with van der Waals surface area (Å²) in [6, 6.07) is 4.15. The Morgan fingerprint density at radius 2 is 2.38 bits per heavy atom. The van der Waals surface area contributed by atoms with Crippen molar-refractivity contribution in [3.05, 3.63) is 17.0 Å². The van der Waals surface area contributed by atoms with E-state index in [1.807, 2.05) is 0 Å². The summed E-state index contributed by atoms with van der Waals surface area (Å²) in [7, 11) is 1.41. The lowest BCUT2D eigenvalue weighted by atomic mass is 10.4. The van der Waals surface area contributed by atoms with Crippen LogP contribution in [0.3, 0.4) is 0 Å². The van der Waals surface area contributed by atoms with Crippen molar-refractivity contribution in [2.75, 3.05) is 12.9 Å². The highest BCUT2D eigenvalue weighted by molar-refractivity contribution is 8.01. The number of hydrogen-bond acceptors (Lipinski definition) is 4. The molecular formula is C9H12O2S2. The fourth-order valence-electron chi connectivity index (χ4n) is 0.815. The number of carbonyl (C=O) groups is 1. The van der Waals surface area contributed by atoms with Crippen LogP contribution in [0.25, 0.3) is 0 Å². The van der Waals surface area contributed by atoms with E-state index >= 15 is 0 Å². The Bertz CT molecular complexity index is 281. The molecule has 72 valence electrons. The van der Waals surface area contributed by atoms with E-state index < -0.39 is 0 Å². The van der Waals surface area contributed by atoms with Crippen LogP contribution >= 0.6 is 23.1 Å². The standard InChI is InChI=1S/C9H12O2S2/c1-3-7-4-5-9(13-7)12-6-8(10)11-2/h4-5H,3,6H2,1-2H3. The molecule has 2 nitrogen and oxygen atoms in total. The number of thioether (sulfide) groups is 1. The highest BCUT2D eigenvalue weighted by Crippen LogP contribution is 2.27. The van der Waals surface area contributed by atoms with Gasteiger partial charge in [0.1, 0.15) is 0 Å². The van der Waals surface area contributed by atoms with Crippen LogP contribution in [0.4, 0.5) is 0 Å². The highest BCUT2D eigenvalue weighted by atomic mass is 32.2. The Labute approximate surface area is 86.3 Å². The first-order chi connectivity index (χ1) is 6.26. The van der Waals surface area contributed by atoms with Crippen molar-refractivity contribution in [3.8, 4) is 0 Å². The molecule has 0 aliphatic heterocycles. The number of ether oxygens (including phenoxy) is 1. The second kappa shape index (κ2) is 5.29. The van der Waals surface area contributed by atoms with E-state index in [0.29, 0.717) is 5.75 Å². The van der Waals surface area contributed by atoms with Crippen molar-refractivity contribution in [2.45, 2.75) is 17.6 Å². The molecule has 0 bridgehead atoms. The Kier molecular flexibility index (Phi) is 4.32. The largest absolute Gasteiger partial charge is 0.468 e. The maximum atomic E-state index is 10.8. The number of hydrogen-bond donors (Lipinski definition) is 0. The monoisotopic (exact) mass is 216 g/mol. The van der Waals surface area contributed by atoms with Gasteiger partial charge < -0.3 is 4.74 Å². The zero-order valence-corrected chi connectivity index (χ0v) is 9.33. The molecule has 1 aromatic heterocycles. The van der Waals surface area contributed by atoms with Crippen molar-refractivity contribution >= 4 is 29.1 Å². The fourth-order valence-corrected chi connectivity index (χ4v) is 2.77. The quantitative estimate of drug-likeness (QED) is 0.571. The maximum absolute atomic E-state index is 10.8. The molecule has 0 fully saturated rings. The molecule has 4 heteroatoms. The molecule has 13 heavy (non-hydrogen) atoms. The zero-order valence-electron chi connectivity index (χ0n) is 7.70. The van der Waals surface area contributed by atoms with E-state index in [2.05, 4.69) is 23.8 Å². The van der Waals surface area contributed by atoms with Crippen LogP contribution in [-0.4, -0.2) is 18.8 Å². The third kappa shape index (κ3) is 3.40. The third-order valence-corrected chi connectivity index (χ3v) is 3.97. The van der Waals surface area contributed by atoms with Crippen molar-refractivity contribution < 1.29 is 9.53 Å². The van der Waals surface area contributed by atoms with Gasteiger partial charge in [-0.25, -0.2) is 0 Å². The van der Waals surface area contributed by atoms with Crippen LogP contribution in [0.5, 0.6) is 0 Å². The summed E-state index contributed by atoms with van der Waals surface area (Å²) in [5.41, 5.74) is 0. The highest BCUT2D eigenvalue weighted by Gasteiger charge is 2.03. The molecule has 0 saturated heterocycles. The van der Waals surface area contributed by atoms with Gasteiger partial charge in [0.05, 0.1) is 17.1 Å². The number of thiophene rings is 1. The third-order valence-electron chi connectivity index (χ3n) is 1.55. The molecule has 0 unspecified atom stereocenters. The minimum absolute atomic E-state index is 0.170. The summed E-state index contributed by atoms with van der Waals surface area (Å²) in [6.45, 7) is 2.13. The SMILES string of the molecule is CCc1ccc(SCC(=O)OC)s1. The first-order valence-corrected chi connectivity index (χ1v) is 5.84. The van der Waals surface area contributed by atoms with Crippen molar-refractivity contribution in [1.29, 1.82) is 0 Å². The fraction of sp³-hybridized carbons (Fsp3) is 0.444. The topological polar surface area (TPSA) is 26.3 Å². The van der Waals surface area contributed by atoms with Gasteiger partial charge >= 0.3 is 5.97 Å². The Morgan fingerprint density at radius 3 is 2.92 bits per heavy atom. The number of esters is 1. The smallest absolute Gasteiger partial charge is 0.316 e. The van der Waals surface area contributed by atoms with E-state index in [9.17, 15) is 4.79 Å². The number of aryl methyl sites for hydroxylation is 1.